The van der Waals surface area contributed by atoms with Crippen LogP contribution in [0.15, 0.2) is 10.9 Å². The minimum atomic E-state index is -0.255. The molecule has 6 nitrogen and oxygen atoms in total. The third-order valence-electron chi connectivity index (χ3n) is 2.45. The standard InChI is InChI=1S/C11H20N4O2/c1-3-4-5-6-12-11(16)9(2)13-7-10-14-8-17-15-10/h8-9,13H,3-7H2,1-2H3,(H,12,16). The van der Waals surface area contributed by atoms with E-state index in [9.17, 15) is 4.79 Å². The highest BCUT2D eigenvalue weighted by Gasteiger charge is 2.12. The predicted octanol–water partition coefficient (Wildman–Crippen LogP) is 0.854. The molecule has 1 heterocycles. The van der Waals surface area contributed by atoms with Gasteiger partial charge in [-0.3, -0.25) is 10.1 Å². The molecule has 0 saturated carbocycles. The van der Waals surface area contributed by atoms with Crippen LogP contribution >= 0.6 is 0 Å². The van der Waals surface area contributed by atoms with Crippen LogP contribution in [-0.2, 0) is 11.3 Å². The molecule has 6 heteroatoms. The largest absolute Gasteiger partial charge is 0.355 e. The monoisotopic (exact) mass is 240 g/mol. The summed E-state index contributed by atoms with van der Waals surface area (Å²) in [5.74, 6) is 0.556. The van der Waals surface area contributed by atoms with Gasteiger partial charge >= 0.3 is 0 Å². The maximum atomic E-state index is 11.6. The Kier molecular flexibility index (Phi) is 6.24. The predicted molar refractivity (Wildman–Crippen MR) is 63.1 cm³/mol. The van der Waals surface area contributed by atoms with Gasteiger partial charge in [0.05, 0.1) is 12.6 Å². The number of nitrogens with zero attached hydrogens (tertiary/aromatic N) is 2. The van der Waals surface area contributed by atoms with E-state index >= 15 is 0 Å². The van der Waals surface area contributed by atoms with Crippen LogP contribution in [0.2, 0.25) is 0 Å². The third-order valence-corrected chi connectivity index (χ3v) is 2.45. The first-order valence-corrected chi connectivity index (χ1v) is 6.00. The zero-order chi connectivity index (χ0) is 12.5. The van der Waals surface area contributed by atoms with Gasteiger partial charge in [0.15, 0.2) is 5.82 Å². The fraction of sp³-hybridized carbons (Fsp3) is 0.727. The van der Waals surface area contributed by atoms with Gasteiger partial charge in [-0.2, -0.15) is 4.98 Å². The molecule has 1 amide bonds. The third kappa shape index (κ3) is 5.44. The quantitative estimate of drug-likeness (QED) is 0.659. The first-order valence-electron chi connectivity index (χ1n) is 6.00. The van der Waals surface area contributed by atoms with Gasteiger partial charge in [0.1, 0.15) is 0 Å². The molecule has 0 aromatic carbocycles. The summed E-state index contributed by atoms with van der Waals surface area (Å²) in [6.45, 7) is 5.12. The first kappa shape index (κ1) is 13.6. The molecule has 0 bridgehead atoms. The zero-order valence-corrected chi connectivity index (χ0v) is 10.4. The smallest absolute Gasteiger partial charge is 0.236 e. The van der Waals surface area contributed by atoms with Crippen LogP contribution in [0.5, 0.6) is 0 Å². The summed E-state index contributed by atoms with van der Waals surface area (Å²) in [5.41, 5.74) is 0. The molecule has 1 aromatic heterocycles. The Balaban J connectivity index is 2.13. The lowest BCUT2D eigenvalue weighted by molar-refractivity contribution is -0.122. The van der Waals surface area contributed by atoms with Crippen LogP contribution in [0.25, 0.3) is 0 Å². The normalized spacial score (nSPS) is 12.4. The highest BCUT2D eigenvalue weighted by Crippen LogP contribution is 1.93. The van der Waals surface area contributed by atoms with Gasteiger partial charge in [0, 0.05) is 6.54 Å². The van der Waals surface area contributed by atoms with Crippen molar-refractivity contribution in [3.8, 4) is 0 Å². The van der Waals surface area contributed by atoms with Crippen molar-refractivity contribution in [2.24, 2.45) is 0 Å². The maximum absolute atomic E-state index is 11.6. The summed E-state index contributed by atoms with van der Waals surface area (Å²) < 4.78 is 4.60. The summed E-state index contributed by atoms with van der Waals surface area (Å²) in [7, 11) is 0. The molecule has 2 N–H and O–H groups in total. The lowest BCUT2D eigenvalue weighted by Crippen LogP contribution is -2.42. The molecule has 1 rings (SSSR count). The summed E-state index contributed by atoms with van der Waals surface area (Å²) in [6.07, 6.45) is 4.60. The minimum absolute atomic E-state index is 0.00426. The summed E-state index contributed by atoms with van der Waals surface area (Å²) in [6, 6.07) is -0.255. The molecule has 0 radical (unpaired) electrons. The zero-order valence-electron chi connectivity index (χ0n) is 10.4. The second-order valence-electron chi connectivity index (χ2n) is 3.95. The van der Waals surface area contributed by atoms with E-state index in [2.05, 4.69) is 32.2 Å². The Hall–Kier alpha value is -1.43. The lowest BCUT2D eigenvalue weighted by atomic mass is 10.2. The van der Waals surface area contributed by atoms with Crippen molar-refractivity contribution in [1.82, 2.24) is 20.8 Å². The van der Waals surface area contributed by atoms with Crippen molar-refractivity contribution in [1.29, 1.82) is 0 Å². The number of amides is 1. The number of rotatable bonds is 8. The average molecular weight is 240 g/mol. The van der Waals surface area contributed by atoms with Crippen LogP contribution in [0.3, 0.4) is 0 Å². The molecule has 0 saturated heterocycles. The van der Waals surface area contributed by atoms with E-state index in [-0.39, 0.29) is 11.9 Å². The van der Waals surface area contributed by atoms with Crippen molar-refractivity contribution in [2.75, 3.05) is 6.54 Å². The number of hydrogen-bond donors (Lipinski definition) is 2. The number of carbonyl (C=O) groups excluding carboxylic acids is 1. The topological polar surface area (TPSA) is 80.0 Å². The van der Waals surface area contributed by atoms with E-state index in [0.29, 0.717) is 12.4 Å². The van der Waals surface area contributed by atoms with E-state index in [1.807, 2.05) is 6.92 Å². The minimum Gasteiger partial charge on any atom is -0.355 e. The summed E-state index contributed by atoms with van der Waals surface area (Å²) in [4.78, 5) is 15.5. The van der Waals surface area contributed by atoms with Crippen molar-refractivity contribution >= 4 is 5.91 Å². The van der Waals surface area contributed by atoms with Crippen LogP contribution in [0.4, 0.5) is 0 Å². The summed E-state index contributed by atoms with van der Waals surface area (Å²) >= 11 is 0. The van der Waals surface area contributed by atoms with E-state index in [1.165, 1.54) is 6.39 Å². The van der Waals surface area contributed by atoms with Crippen molar-refractivity contribution < 1.29 is 9.32 Å². The number of hydrogen-bond acceptors (Lipinski definition) is 5. The molecule has 1 atom stereocenters. The molecular weight excluding hydrogens is 220 g/mol. The van der Waals surface area contributed by atoms with Gasteiger partial charge in [-0.15, -0.1) is 0 Å². The second kappa shape index (κ2) is 7.78. The van der Waals surface area contributed by atoms with Crippen molar-refractivity contribution in [2.45, 2.75) is 45.7 Å². The van der Waals surface area contributed by atoms with Crippen LogP contribution in [0.1, 0.15) is 38.9 Å². The average Bonchev–Trinajstić information content (AvgIpc) is 2.84. The van der Waals surface area contributed by atoms with Gasteiger partial charge in [0.2, 0.25) is 12.3 Å². The Morgan fingerprint density at radius 2 is 2.35 bits per heavy atom. The molecule has 96 valence electrons. The second-order valence-corrected chi connectivity index (χ2v) is 3.95. The number of carbonyl (C=O) groups is 1. The van der Waals surface area contributed by atoms with Gasteiger partial charge in [-0.25, -0.2) is 0 Å². The fourth-order valence-electron chi connectivity index (χ4n) is 1.35. The van der Waals surface area contributed by atoms with Crippen molar-refractivity contribution in [3.05, 3.63) is 12.2 Å². The molecular formula is C11H20N4O2. The Morgan fingerprint density at radius 3 is 3.00 bits per heavy atom. The van der Waals surface area contributed by atoms with Gasteiger partial charge < -0.3 is 9.84 Å². The van der Waals surface area contributed by atoms with Crippen LogP contribution in [-0.4, -0.2) is 28.6 Å². The Labute approximate surface area is 101 Å². The molecule has 0 fully saturated rings. The Bertz CT molecular complexity index is 313. The first-order chi connectivity index (χ1) is 8.24. The number of aromatic nitrogens is 2. The molecule has 0 aliphatic rings. The lowest BCUT2D eigenvalue weighted by Gasteiger charge is -2.12. The molecule has 17 heavy (non-hydrogen) atoms. The number of nitrogens with one attached hydrogen (secondary N) is 2. The van der Waals surface area contributed by atoms with Gasteiger partial charge in [-0.1, -0.05) is 24.9 Å². The van der Waals surface area contributed by atoms with E-state index in [0.717, 1.165) is 25.8 Å². The van der Waals surface area contributed by atoms with Crippen LogP contribution < -0.4 is 10.6 Å². The molecule has 1 unspecified atom stereocenters. The highest BCUT2D eigenvalue weighted by molar-refractivity contribution is 5.81. The number of unbranched alkanes of at least 4 members (excludes halogenated alkanes) is 2. The van der Waals surface area contributed by atoms with E-state index in [4.69, 9.17) is 0 Å². The van der Waals surface area contributed by atoms with Gasteiger partial charge in [0.25, 0.3) is 0 Å². The molecule has 0 aliphatic carbocycles. The highest BCUT2D eigenvalue weighted by atomic mass is 16.5. The van der Waals surface area contributed by atoms with E-state index < -0.39 is 0 Å². The Morgan fingerprint density at radius 1 is 1.53 bits per heavy atom. The van der Waals surface area contributed by atoms with Crippen LogP contribution in [0, 0.1) is 0 Å². The fourth-order valence-corrected chi connectivity index (χ4v) is 1.35. The molecule has 1 aromatic rings. The van der Waals surface area contributed by atoms with Gasteiger partial charge in [-0.05, 0) is 13.3 Å². The van der Waals surface area contributed by atoms with E-state index in [1.54, 1.807) is 0 Å². The van der Waals surface area contributed by atoms with Crippen molar-refractivity contribution in [3.63, 3.8) is 0 Å². The molecule has 0 spiro atoms. The maximum Gasteiger partial charge on any atom is 0.236 e. The molecule has 0 aliphatic heterocycles. The summed E-state index contributed by atoms with van der Waals surface area (Å²) in [5, 5.41) is 9.56. The SMILES string of the molecule is CCCCCNC(=O)C(C)NCc1ncon1.